The van der Waals surface area contributed by atoms with Crippen molar-refractivity contribution in [2.75, 3.05) is 16.8 Å². The predicted molar refractivity (Wildman–Crippen MR) is 118 cm³/mol. The van der Waals surface area contributed by atoms with Crippen LogP contribution in [0.1, 0.15) is 39.3 Å². The molecule has 0 bridgehead atoms. The third kappa shape index (κ3) is 4.95. The molecule has 0 atom stereocenters. The summed E-state index contributed by atoms with van der Waals surface area (Å²) in [7, 11) is 0. The number of pyridine rings is 1. The minimum atomic E-state index is -0.306. The molecule has 156 valence electrons. The molecule has 0 spiro atoms. The van der Waals surface area contributed by atoms with Crippen molar-refractivity contribution in [3.8, 4) is 0 Å². The first-order chi connectivity index (χ1) is 15.1. The maximum atomic E-state index is 12.7. The molecule has 1 fully saturated rings. The summed E-state index contributed by atoms with van der Waals surface area (Å²) >= 11 is 0. The number of anilines is 2. The number of hydrogen-bond acceptors (Lipinski definition) is 4. The van der Waals surface area contributed by atoms with Crippen molar-refractivity contribution in [3.05, 3.63) is 89.7 Å². The van der Waals surface area contributed by atoms with Gasteiger partial charge in [0, 0.05) is 41.7 Å². The number of carbonyl (C=O) groups excluding carboxylic acids is 3. The van der Waals surface area contributed by atoms with Gasteiger partial charge in [-0.15, -0.1) is 0 Å². The minimum absolute atomic E-state index is 0.0713. The van der Waals surface area contributed by atoms with Crippen molar-refractivity contribution in [1.29, 1.82) is 0 Å². The van der Waals surface area contributed by atoms with E-state index in [-0.39, 0.29) is 17.7 Å². The van der Waals surface area contributed by atoms with Gasteiger partial charge in [0.15, 0.2) is 0 Å². The van der Waals surface area contributed by atoms with Gasteiger partial charge in [0.05, 0.1) is 12.2 Å². The van der Waals surface area contributed by atoms with E-state index >= 15 is 0 Å². The number of nitrogens with one attached hydrogen (secondary N) is 2. The zero-order valence-corrected chi connectivity index (χ0v) is 16.9. The Balaban J connectivity index is 1.42. The highest BCUT2D eigenvalue weighted by molar-refractivity contribution is 6.06. The molecule has 4 rings (SSSR count). The van der Waals surface area contributed by atoms with Gasteiger partial charge in [-0.1, -0.05) is 18.2 Å². The number of carbonyl (C=O) groups is 3. The van der Waals surface area contributed by atoms with Crippen LogP contribution in [0.25, 0.3) is 0 Å². The molecule has 31 heavy (non-hydrogen) atoms. The third-order valence-corrected chi connectivity index (χ3v) is 5.03. The number of aromatic nitrogens is 1. The summed E-state index contributed by atoms with van der Waals surface area (Å²) in [5.74, 6) is -0.488. The average Bonchev–Trinajstić information content (AvgIpc) is 3.24. The zero-order chi connectivity index (χ0) is 21.6. The molecule has 0 unspecified atom stereocenters. The van der Waals surface area contributed by atoms with Gasteiger partial charge in [0.2, 0.25) is 5.91 Å². The van der Waals surface area contributed by atoms with Gasteiger partial charge in [-0.25, -0.2) is 0 Å². The van der Waals surface area contributed by atoms with Gasteiger partial charge >= 0.3 is 0 Å². The topological polar surface area (TPSA) is 91.4 Å². The third-order valence-electron chi connectivity index (χ3n) is 5.03. The van der Waals surface area contributed by atoms with E-state index in [1.54, 1.807) is 53.6 Å². The molecule has 7 heteroatoms. The van der Waals surface area contributed by atoms with E-state index in [0.717, 1.165) is 17.8 Å². The number of nitrogens with zero attached hydrogens (tertiary/aromatic N) is 2. The molecule has 3 amide bonds. The predicted octanol–water partition coefficient (Wildman–Crippen LogP) is 3.39. The molecule has 1 saturated heterocycles. The Hall–Kier alpha value is -4.00. The molecule has 0 radical (unpaired) electrons. The molecular formula is C24H22N4O3. The van der Waals surface area contributed by atoms with Gasteiger partial charge in [0.1, 0.15) is 0 Å². The summed E-state index contributed by atoms with van der Waals surface area (Å²) < 4.78 is 0. The number of amides is 3. The van der Waals surface area contributed by atoms with Crippen molar-refractivity contribution in [1.82, 2.24) is 10.3 Å². The van der Waals surface area contributed by atoms with Gasteiger partial charge in [-0.2, -0.15) is 0 Å². The first-order valence-electron chi connectivity index (χ1n) is 10.1. The van der Waals surface area contributed by atoms with E-state index in [2.05, 4.69) is 15.6 Å². The maximum absolute atomic E-state index is 12.7. The molecule has 0 saturated carbocycles. The summed E-state index contributed by atoms with van der Waals surface area (Å²) in [4.78, 5) is 43.0. The van der Waals surface area contributed by atoms with Gasteiger partial charge in [0.25, 0.3) is 11.8 Å². The first-order valence-corrected chi connectivity index (χ1v) is 10.1. The van der Waals surface area contributed by atoms with Crippen molar-refractivity contribution in [2.24, 2.45) is 0 Å². The summed E-state index contributed by atoms with van der Waals surface area (Å²) in [6.45, 7) is 0.984. The number of rotatable bonds is 6. The van der Waals surface area contributed by atoms with E-state index < -0.39 is 0 Å². The molecular weight excluding hydrogens is 392 g/mol. The lowest BCUT2D eigenvalue weighted by molar-refractivity contribution is -0.117. The summed E-state index contributed by atoms with van der Waals surface area (Å²) in [6, 6.07) is 19.2. The van der Waals surface area contributed by atoms with Gasteiger partial charge in [-0.3, -0.25) is 19.4 Å². The molecule has 3 aromatic rings. The van der Waals surface area contributed by atoms with Crippen LogP contribution in [0.3, 0.4) is 0 Å². The Morgan fingerprint density at radius 2 is 1.74 bits per heavy atom. The number of hydrogen-bond donors (Lipinski definition) is 2. The molecule has 0 aliphatic carbocycles. The molecule has 2 N–H and O–H groups in total. The van der Waals surface area contributed by atoms with Crippen molar-refractivity contribution in [2.45, 2.75) is 19.4 Å². The van der Waals surface area contributed by atoms with Crippen molar-refractivity contribution < 1.29 is 14.4 Å². The van der Waals surface area contributed by atoms with Crippen molar-refractivity contribution in [3.63, 3.8) is 0 Å². The highest BCUT2D eigenvalue weighted by Gasteiger charge is 2.22. The highest BCUT2D eigenvalue weighted by atomic mass is 16.2. The van der Waals surface area contributed by atoms with Crippen LogP contribution < -0.4 is 15.5 Å². The van der Waals surface area contributed by atoms with Crippen LogP contribution >= 0.6 is 0 Å². The Labute approximate surface area is 180 Å². The lowest BCUT2D eigenvalue weighted by atomic mass is 10.1. The second-order valence-corrected chi connectivity index (χ2v) is 7.24. The standard InChI is InChI=1S/C24H22N4O3/c29-22-11-5-13-28(22)21-10-4-7-18(15-21)24(31)27-19-9-3-6-17(14-19)23(30)26-16-20-8-1-2-12-25-20/h1-4,6-10,12,14-15H,5,11,13,16H2,(H,26,30)(H,27,31). The van der Waals surface area contributed by atoms with Crippen LogP contribution in [0.5, 0.6) is 0 Å². The average molecular weight is 414 g/mol. The zero-order valence-electron chi connectivity index (χ0n) is 16.9. The normalized spacial score (nSPS) is 13.2. The monoisotopic (exact) mass is 414 g/mol. The molecule has 2 aromatic carbocycles. The van der Waals surface area contributed by atoms with Crippen LogP contribution in [0.2, 0.25) is 0 Å². The smallest absolute Gasteiger partial charge is 0.255 e. The van der Waals surface area contributed by atoms with E-state index in [0.29, 0.717) is 36.3 Å². The molecule has 1 aliphatic heterocycles. The lowest BCUT2D eigenvalue weighted by Gasteiger charge is -2.16. The van der Waals surface area contributed by atoms with Crippen LogP contribution in [0.15, 0.2) is 72.9 Å². The summed E-state index contributed by atoms with van der Waals surface area (Å²) in [5, 5.41) is 5.64. The SMILES string of the molecule is O=C(NCc1ccccn1)c1cccc(NC(=O)c2cccc(N3CCCC3=O)c2)c1. The Bertz CT molecular complexity index is 1110. The second kappa shape index (κ2) is 9.21. The minimum Gasteiger partial charge on any atom is -0.346 e. The van der Waals surface area contributed by atoms with Crippen molar-refractivity contribution >= 4 is 29.1 Å². The first kappa shape index (κ1) is 20.3. The fraction of sp³-hybridized carbons (Fsp3) is 0.167. The molecule has 2 heterocycles. The Kier molecular flexibility index (Phi) is 6.03. The second-order valence-electron chi connectivity index (χ2n) is 7.24. The summed E-state index contributed by atoms with van der Waals surface area (Å²) in [6.07, 6.45) is 3.03. The van der Waals surface area contributed by atoms with Crippen LogP contribution in [0.4, 0.5) is 11.4 Å². The lowest BCUT2D eigenvalue weighted by Crippen LogP contribution is -2.24. The van der Waals surface area contributed by atoms with Crippen LogP contribution in [-0.2, 0) is 11.3 Å². The fourth-order valence-corrected chi connectivity index (χ4v) is 3.45. The highest BCUT2D eigenvalue weighted by Crippen LogP contribution is 2.23. The van der Waals surface area contributed by atoms with E-state index in [1.807, 2.05) is 24.3 Å². The van der Waals surface area contributed by atoms with Crippen LogP contribution in [-0.4, -0.2) is 29.3 Å². The molecule has 7 nitrogen and oxygen atoms in total. The quantitative estimate of drug-likeness (QED) is 0.647. The number of benzene rings is 2. The van der Waals surface area contributed by atoms with Crippen LogP contribution in [0, 0.1) is 0 Å². The van der Waals surface area contributed by atoms with E-state index in [1.165, 1.54) is 0 Å². The molecule has 1 aromatic heterocycles. The Morgan fingerprint density at radius 1 is 0.935 bits per heavy atom. The molecule has 1 aliphatic rings. The maximum Gasteiger partial charge on any atom is 0.255 e. The fourth-order valence-electron chi connectivity index (χ4n) is 3.45. The van der Waals surface area contributed by atoms with E-state index in [9.17, 15) is 14.4 Å². The van der Waals surface area contributed by atoms with Gasteiger partial charge in [-0.05, 0) is 55.0 Å². The van der Waals surface area contributed by atoms with E-state index in [4.69, 9.17) is 0 Å². The van der Waals surface area contributed by atoms with Gasteiger partial charge < -0.3 is 15.5 Å². The largest absolute Gasteiger partial charge is 0.346 e. The summed E-state index contributed by atoms with van der Waals surface area (Å²) in [5.41, 5.74) is 2.87. The Morgan fingerprint density at radius 3 is 2.48 bits per heavy atom.